The van der Waals surface area contributed by atoms with Crippen molar-refractivity contribution in [3.8, 4) is 0 Å². The Labute approximate surface area is 136 Å². The molecule has 5 nitrogen and oxygen atoms in total. The third kappa shape index (κ3) is 4.03. The molecule has 2 aromatic rings. The SMILES string of the molecule is O=C(O)c1ccc(Cl)c(NC(=S)NC(=O)c2ccccc2)c1. The van der Waals surface area contributed by atoms with Gasteiger partial charge in [-0.3, -0.25) is 10.1 Å². The van der Waals surface area contributed by atoms with Crippen LogP contribution in [0.25, 0.3) is 0 Å². The van der Waals surface area contributed by atoms with Crippen molar-refractivity contribution in [2.75, 3.05) is 5.32 Å². The normalized spacial score (nSPS) is 9.86. The van der Waals surface area contributed by atoms with Crippen LogP contribution in [-0.4, -0.2) is 22.1 Å². The number of carboxylic acids is 1. The first-order chi connectivity index (χ1) is 10.5. The van der Waals surface area contributed by atoms with Crippen molar-refractivity contribution in [3.05, 3.63) is 64.7 Å². The molecule has 0 bridgehead atoms. The summed E-state index contributed by atoms with van der Waals surface area (Å²) < 4.78 is 0. The Bertz CT molecular complexity index is 735. The molecule has 7 heteroatoms. The van der Waals surface area contributed by atoms with E-state index in [1.807, 2.05) is 0 Å². The number of nitrogens with one attached hydrogen (secondary N) is 2. The zero-order valence-electron chi connectivity index (χ0n) is 11.2. The van der Waals surface area contributed by atoms with Gasteiger partial charge < -0.3 is 10.4 Å². The number of hydrogen-bond donors (Lipinski definition) is 3. The molecule has 22 heavy (non-hydrogen) atoms. The Hall–Kier alpha value is -2.44. The highest BCUT2D eigenvalue weighted by molar-refractivity contribution is 7.80. The highest BCUT2D eigenvalue weighted by atomic mass is 35.5. The third-order valence-corrected chi connectivity index (χ3v) is 3.26. The van der Waals surface area contributed by atoms with Crippen molar-refractivity contribution in [1.82, 2.24) is 5.32 Å². The summed E-state index contributed by atoms with van der Waals surface area (Å²) in [5.74, 6) is -1.46. The van der Waals surface area contributed by atoms with Gasteiger partial charge in [-0.1, -0.05) is 29.8 Å². The summed E-state index contributed by atoms with van der Waals surface area (Å²) in [6.45, 7) is 0. The number of rotatable bonds is 3. The highest BCUT2D eigenvalue weighted by Gasteiger charge is 2.11. The lowest BCUT2D eigenvalue weighted by Crippen LogP contribution is -2.34. The maximum absolute atomic E-state index is 11.9. The van der Waals surface area contributed by atoms with Crippen molar-refractivity contribution in [2.24, 2.45) is 0 Å². The lowest BCUT2D eigenvalue weighted by molar-refractivity contribution is 0.0696. The number of carboxylic acid groups (broad SMARTS) is 1. The van der Waals surface area contributed by atoms with Crippen LogP contribution < -0.4 is 10.6 Å². The van der Waals surface area contributed by atoms with E-state index in [4.69, 9.17) is 28.9 Å². The quantitative estimate of drug-likeness (QED) is 0.751. The molecule has 112 valence electrons. The number of halogens is 1. The summed E-state index contributed by atoms with van der Waals surface area (Å²) in [5.41, 5.74) is 0.820. The van der Waals surface area contributed by atoms with Crippen LogP contribution in [0.3, 0.4) is 0 Å². The maximum Gasteiger partial charge on any atom is 0.335 e. The number of aromatic carboxylic acids is 1. The number of carbonyl (C=O) groups excluding carboxylic acids is 1. The molecule has 3 N–H and O–H groups in total. The van der Waals surface area contributed by atoms with E-state index in [0.29, 0.717) is 16.3 Å². The van der Waals surface area contributed by atoms with Crippen molar-refractivity contribution < 1.29 is 14.7 Å². The summed E-state index contributed by atoms with van der Waals surface area (Å²) in [6, 6.07) is 12.7. The largest absolute Gasteiger partial charge is 0.478 e. The fraction of sp³-hybridized carbons (Fsp3) is 0. The Balaban J connectivity index is 2.08. The average molecular weight is 335 g/mol. The second-order valence-electron chi connectivity index (χ2n) is 4.27. The zero-order chi connectivity index (χ0) is 16.1. The minimum Gasteiger partial charge on any atom is -0.478 e. The Morgan fingerprint density at radius 3 is 2.36 bits per heavy atom. The number of benzene rings is 2. The minimum absolute atomic E-state index is 0.0262. The standard InChI is InChI=1S/C15H11ClN2O3S/c16-11-7-6-10(14(20)21)8-12(11)17-15(22)18-13(19)9-4-2-1-3-5-9/h1-8H,(H,20,21)(H2,17,18,19,22). The monoisotopic (exact) mass is 334 g/mol. The van der Waals surface area contributed by atoms with Gasteiger partial charge in [-0.2, -0.15) is 0 Å². The van der Waals surface area contributed by atoms with Crippen LogP contribution >= 0.6 is 23.8 Å². The molecule has 0 aliphatic rings. The molecule has 0 spiro atoms. The van der Waals surface area contributed by atoms with Crippen LogP contribution in [0.2, 0.25) is 5.02 Å². The first-order valence-electron chi connectivity index (χ1n) is 6.17. The van der Waals surface area contributed by atoms with Gasteiger partial charge in [0, 0.05) is 5.56 Å². The Morgan fingerprint density at radius 2 is 1.73 bits per heavy atom. The third-order valence-electron chi connectivity index (χ3n) is 2.72. The fourth-order valence-electron chi connectivity index (χ4n) is 1.67. The molecule has 0 saturated carbocycles. The van der Waals surface area contributed by atoms with Crippen LogP contribution in [0.15, 0.2) is 48.5 Å². The molecular weight excluding hydrogens is 324 g/mol. The molecule has 0 aliphatic carbocycles. The van der Waals surface area contributed by atoms with Crippen LogP contribution in [0, 0.1) is 0 Å². The number of thiocarbonyl (C=S) groups is 1. The molecule has 0 radical (unpaired) electrons. The van der Waals surface area contributed by atoms with Gasteiger partial charge in [-0.15, -0.1) is 0 Å². The van der Waals surface area contributed by atoms with E-state index in [0.717, 1.165) is 0 Å². The molecule has 0 aliphatic heterocycles. The van der Waals surface area contributed by atoms with Gasteiger partial charge in [-0.25, -0.2) is 4.79 Å². The van der Waals surface area contributed by atoms with Gasteiger partial charge in [0.1, 0.15) is 0 Å². The highest BCUT2D eigenvalue weighted by Crippen LogP contribution is 2.23. The van der Waals surface area contributed by atoms with Gasteiger partial charge in [0.15, 0.2) is 5.11 Å². The Morgan fingerprint density at radius 1 is 1.05 bits per heavy atom. The second kappa shape index (κ2) is 7.02. The van der Waals surface area contributed by atoms with E-state index >= 15 is 0 Å². The van der Waals surface area contributed by atoms with Gasteiger partial charge in [0.05, 0.1) is 16.3 Å². The lowest BCUT2D eigenvalue weighted by Gasteiger charge is -2.11. The Kier molecular flexibility index (Phi) is 5.08. The smallest absolute Gasteiger partial charge is 0.335 e. The van der Waals surface area contributed by atoms with E-state index < -0.39 is 5.97 Å². The first kappa shape index (κ1) is 15.9. The van der Waals surface area contributed by atoms with Crippen molar-refractivity contribution >= 4 is 46.5 Å². The van der Waals surface area contributed by atoms with E-state index in [1.165, 1.54) is 18.2 Å². The van der Waals surface area contributed by atoms with Crippen LogP contribution in [0.1, 0.15) is 20.7 Å². The summed E-state index contributed by atoms with van der Waals surface area (Å²) in [5, 5.41) is 14.5. The minimum atomic E-state index is -1.08. The summed E-state index contributed by atoms with van der Waals surface area (Å²) in [4.78, 5) is 22.9. The maximum atomic E-state index is 11.9. The van der Waals surface area contributed by atoms with Crippen LogP contribution in [-0.2, 0) is 0 Å². The van der Waals surface area contributed by atoms with E-state index in [9.17, 15) is 9.59 Å². The molecule has 0 fully saturated rings. The molecule has 0 heterocycles. The first-order valence-corrected chi connectivity index (χ1v) is 6.96. The van der Waals surface area contributed by atoms with E-state index in [-0.39, 0.29) is 16.6 Å². The average Bonchev–Trinajstić information content (AvgIpc) is 2.50. The predicted molar refractivity (Wildman–Crippen MR) is 88.5 cm³/mol. The summed E-state index contributed by atoms with van der Waals surface area (Å²) in [7, 11) is 0. The molecule has 0 aromatic heterocycles. The van der Waals surface area contributed by atoms with Crippen LogP contribution in [0.5, 0.6) is 0 Å². The zero-order valence-corrected chi connectivity index (χ0v) is 12.7. The van der Waals surface area contributed by atoms with Gasteiger partial charge in [0.25, 0.3) is 5.91 Å². The van der Waals surface area contributed by atoms with Gasteiger partial charge >= 0.3 is 5.97 Å². The molecule has 2 rings (SSSR count). The van der Waals surface area contributed by atoms with Crippen molar-refractivity contribution in [3.63, 3.8) is 0 Å². The molecular formula is C15H11ClN2O3S. The topological polar surface area (TPSA) is 78.4 Å². The number of hydrogen-bond acceptors (Lipinski definition) is 3. The summed E-state index contributed by atoms with van der Waals surface area (Å²) in [6.07, 6.45) is 0. The summed E-state index contributed by atoms with van der Waals surface area (Å²) >= 11 is 11.0. The molecule has 1 amide bonds. The van der Waals surface area contributed by atoms with Crippen molar-refractivity contribution in [2.45, 2.75) is 0 Å². The lowest BCUT2D eigenvalue weighted by atomic mass is 10.2. The van der Waals surface area contributed by atoms with Crippen LogP contribution in [0.4, 0.5) is 5.69 Å². The molecule has 0 unspecified atom stereocenters. The number of carbonyl (C=O) groups is 2. The van der Waals surface area contributed by atoms with Gasteiger partial charge in [-0.05, 0) is 42.5 Å². The van der Waals surface area contributed by atoms with Crippen molar-refractivity contribution in [1.29, 1.82) is 0 Å². The second-order valence-corrected chi connectivity index (χ2v) is 5.09. The van der Waals surface area contributed by atoms with E-state index in [2.05, 4.69) is 10.6 Å². The molecule has 0 saturated heterocycles. The number of anilines is 1. The predicted octanol–water partition coefficient (Wildman–Crippen LogP) is 3.17. The molecule has 2 aromatic carbocycles. The number of amides is 1. The van der Waals surface area contributed by atoms with E-state index in [1.54, 1.807) is 30.3 Å². The fourth-order valence-corrected chi connectivity index (χ4v) is 2.04. The van der Waals surface area contributed by atoms with Gasteiger partial charge in [0.2, 0.25) is 0 Å². The molecule has 0 atom stereocenters.